The van der Waals surface area contributed by atoms with Gasteiger partial charge in [-0.2, -0.15) is 0 Å². The maximum absolute atomic E-state index is 13.7. The third kappa shape index (κ3) is 7.21. The van der Waals surface area contributed by atoms with Gasteiger partial charge in [0.2, 0.25) is 5.78 Å². The number of hydrogen-bond donors (Lipinski definition) is 0. The number of carbonyl (C=O) groups excluding carboxylic acids is 1. The van der Waals surface area contributed by atoms with Gasteiger partial charge in [0.15, 0.2) is 0 Å². The third-order valence-corrected chi connectivity index (χ3v) is 7.51. The number of pyridine rings is 1. The molecule has 0 aliphatic carbocycles. The SMILES string of the molecule is CCCCN(CCCC)CCCOc1c(Br)cc(C(=O)c2c(C(C)C)cc3ccccn23)cc1Br. The lowest BCUT2D eigenvalue weighted by molar-refractivity contribution is 0.103. The molecule has 0 atom stereocenters. The number of nitrogens with zero attached hydrogens (tertiary/aromatic N) is 2. The summed E-state index contributed by atoms with van der Waals surface area (Å²) in [6, 6.07) is 11.9. The molecule has 0 N–H and O–H groups in total. The van der Waals surface area contributed by atoms with Crippen LogP contribution >= 0.6 is 31.9 Å². The van der Waals surface area contributed by atoms with E-state index < -0.39 is 0 Å². The molecular formula is C29H38Br2N2O2. The molecule has 2 heterocycles. The molecule has 4 nitrogen and oxygen atoms in total. The van der Waals surface area contributed by atoms with Crippen LogP contribution in [0.25, 0.3) is 5.52 Å². The molecule has 6 heteroatoms. The third-order valence-electron chi connectivity index (χ3n) is 6.33. The van der Waals surface area contributed by atoms with E-state index in [4.69, 9.17) is 4.74 Å². The van der Waals surface area contributed by atoms with E-state index in [1.165, 1.54) is 25.7 Å². The van der Waals surface area contributed by atoms with E-state index in [9.17, 15) is 4.79 Å². The highest BCUT2D eigenvalue weighted by atomic mass is 79.9. The van der Waals surface area contributed by atoms with Gasteiger partial charge in [-0.1, -0.05) is 46.6 Å². The smallest absolute Gasteiger partial charge is 0.210 e. The highest BCUT2D eigenvalue weighted by molar-refractivity contribution is 9.11. The average molecular weight is 606 g/mol. The van der Waals surface area contributed by atoms with Gasteiger partial charge in [-0.3, -0.25) is 4.79 Å². The molecule has 190 valence electrons. The Hall–Kier alpha value is -1.63. The predicted molar refractivity (Wildman–Crippen MR) is 153 cm³/mol. The molecule has 3 aromatic rings. The van der Waals surface area contributed by atoms with Crippen molar-refractivity contribution in [2.24, 2.45) is 0 Å². The summed E-state index contributed by atoms with van der Waals surface area (Å²) in [5.74, 6) is 1.01. The molecule has 0 spiro atoms. The number of hydrogen-bond acceptors (Lipinski definition) is 3. The number of halogens is 2. The Morgan fingerprint density at radius 3 is 2.20 bits per heavy atom. The quantitative estimate of drug-likeness (QED) is 0.136. The van der Waals surface area contributed by atoms with Crippen LogP contribution in [-0.4, -0.2) is 41.3 Å². The molecule has 3 rings (SSSR count). The number of benzene rings is 1. The van der Waals surface area contributed by atoms with E-state index in [1.54, 1.807) is 0 Å². The summed E-state index contributed by atoms with van der Waals surface area (Å²) >= 11 is 7.30. The van der Waals surface area contributed by atoms with Gasteiger partial charge in [0.05, 0.1) is 21.2 Å². The van der Waals surface area contributed by atoms with Gasteiger partial charge in [-0.05, 0) is 106 Å². The van der Waals surface area contributed by atoms with Gasteiger partial charge in [0.1, 0.15) is 5.75 Å². The summed E-state index contributed by atoms with van der Waals surface area (Å²) in [5.41, 5.74) is 3.45. The number of carbonyl (C=O) groups is 1. The number of unbranched alkanes of at least 4 members (excludes halogenated alkanes) is 2. The molecule has 0 saturated heterocycles. The van der Waals surface area contributed by atoms with Crippen LogP contribution < -0.4 is 4.74 Å². The highest BCUT2D eigenvalue weighted by Gasteiger charge is 2.22. The van der Waals surface area contributed by atoms with Crippen LogP contribution in [0.2, 0.25) is 0 Å². The van der Waals surface area contributed by atoms with Gasteiger partial charge >= 0.3 is 0 Å². The summed E-state index contributed by atoms with van der Waals surface area (Å²) in [5, 5.41) is 0. The van der Waals surface area contributed by atoms with E-state index in [-0.39, 0.29) is 11.7 Å². The molecule has 0 unspecified atom stereocenters. The van der Waals surface area contributed by atoms with Crippen molar-refractivity contribution in [1.29, 1.82) is 0 Å². The molecule has 0 bridgehead atoms. The van der Waals surface area contributed by atoms with Crippen LogP contribution in [0.15, 0.2) is 51.5 Å². The maximum atomic E-state index is 13.7. The summed E-state index contributed by atoms with van der Waals surface area (Å²) in [7, 11) is 0. The minimum absolute atomic E-state index is 0.00957. The number of fused-ring (bicyclic) bond motifs is 1. The average Bonchev–Trinajstić information content (AvgIpc) is 3.23. The van der Waals surface area contributed by atoms with E-state index >= 15 is 0 Å². The zero-order chi connectivity index (χ0) is 25.4. The predicted octanol–water partition coefficient (Wildman–Crippen LogP) is 8.49. The van der Waals surface area contributed by atoms with Crippen molar-refractivity contribution < 1.29 is 9.53 Å². The van der Waals surface area contributed by atoms with Gasteiger partial charge in [-0.25, -0.2) is 0 Å². The van der Waals surface area contributed by atoms with Crippen molar-refractivity contribution in [1.82, 2.24) is 9.30 Å². The molecular weight excluding hydrogens is 568 g/mol. The van der Waals surface area contributed by atoms with E-state index in [0.717, 1.165) is 57.5 Å². The summed E-state index contributed by atoms with van der Waals surface area (Å²) in [4.78, 5) is 16.2. The summed E-state index contributed by atoms with van der Waals surface area (Å²) < 4.78 is 9.72. The molecule has 1 aromatic carbocycles. The van der Waals surface area contributed by atoms with Crippen molar-refractivity contribution >= 4 is 43.2 Å². The molecule has 0 saturated carbocycles. The lowest BCUT2D eigenvalue weighted by Crippen LogP contribution is -2.28. The molecule has 0 fully saturated rings. The number of aromatic nitrogens is 1. The van der Waals surface area contributed by atoms with Crippen LogP contribution in [0.5, 0.6) is 5.75 Å². The first-order valence-corrected chi connectivity index (χ1v) is 14.4. The summed E-state index contributed by atoms with van der Waals surface area (Å²) in [6.07, 6.45) is 7.87. The fourth-order valence-electron chi connectivity index (χ4n) is 4.35. The van der Waals surface area contributed by atoms with Crippen LogP contribution in [-0.2, 0) is 0 Å². The zero-order valence-corrected chi connectivity index (χ0v) is 24.6. The number of rotatable bonds is 14. The lowest BCUT2D eigenvalue weighted by atomic mass is 9.98. The number of ether oxygens (including phenoxy) is 1. The van der Waals surface area contributed by atoms with Crippen molar-refractivity contribution in [2.75, 3.05) is 26.2 Å². The molecule has 35 heavy (non-hydrogen) atoms. The first kappa shape index (κ1) is 27.9. The standard InChI is InChI=1S/C29H38Br2N2O2/c1-5-7-13-32(14-8-6-2)15-11-17-35-29-25(30)18-22(19-26(29)31)28(34)27-24(21(3)4)20-23-12-9-10-16-33(23)27/h9-10,12,16,18-21H,5-8,11,13-15,17H2,1-4H3. The molecule has 0 aliphatic heterocycles. The van der Waals surface area contributed by atoms with Crippen LogP contribution in [0.3, 0.4) is 0 Å². The van der Waals surface area contributed by atoms with Crippen LogP contribution in [0, 0.1) is 0 Å². The Kier molecular flexibility index (Phi) is 10.9. The second-order valence-corrected chi connectivity index (χ2v) is 11.2. The number of ketones is 1. The fraction of sp³-hybridized carbons (Fsp3) is 0.483. The Morgan fingerprint density at radius 2 is 1.60 bits per heavy atom. The van der Waals surface area contributed by atoms with E-state index in [1.807, 2.05) is 40.9 Å². The van der Waals surface area contributed by atoms with Gasteiger partial charge < -0.3 is 14.0 Å². The Morgan fingerprint density at radius 1 is 0.971 bits per heavy atom. The Bertz CT molecular complexity index is 1090. The zero-order valence-electron chi connectivity index (χ0n) is 21.4. The molecule has 2 aromatic heterocycles. The second-order valence-electron chi connectivity index (χ2n) is 9.45. The Labute approximate surface area is 227 Å². The molecule has 0 radical (unpaired) electrons. The van der Waals surface area contributed by atoms with E-state index in [2.05, 4.69) is 70.5 Å². The normalized spacial score (nSPS) is 11.7. The first-order valence-electron chi connectivity index (χ1n) is 12.9. The fourth-order valence-corrected chi connectivity index (χ4v) is 5.77. The highest BCUT2D eigenvalue weighted by Crippen LogP contribution is 2.36. The van der Waals surface area contributed by atoms with Crippen molar-refractivity contribution in [3.8, 4) is 5.75 Å². The summed E-state index contributed by atoms with van der Waals surface area (Å²) in [6.45, 7) is 12.7. The first-order chi connectivity index (χ1) is 16.9. The maximum Gasteiger partial charge on any atom is 0.210 e. The van der Waals surface area contributed by atoms with Crippen LogP contribution in [0.1, 0.15) is 87.3 Å². The van der Waals surface area contributed by atoms with Gasteiger partial charge in [0.25, 0.3) is 0 Å². The van der Waals surface area contributed by atoms with Crippen molar-refractivity contribution in [3.63, 3.8) is 0 Å². The van der Waals surface area contributed by atoms with Crippen molar-refractivity contribution in [3.05, 3.63) is 68.4 Å². The largest absolute Gasteiger partial charge is 0.491 e. The molecule has 0 aliphatic rings. The minimum atomic E-state index is 0.00957. The molecule has 0 amide bonds. The second kappa shape index (κ2) is 13.6. The van der Waals surface area contributed by atoms with Gasteiger partial charge in [0, 0.05) is 23.8 Å². The van der Waals surface area contributed by atoms with Crippen molar-refractivity contribution in [2.45, 2.75) is 65.7 Å². The lowest BCUT2D eigenvalue weighted by Gasteiger charge is -2.22. The topological polar surface area (TPSA) is 34.0 Å². The minimum Gasteiger partial charge on any atom is -0.491 e. The monoisotopic (exact) mass is 604 g/mol. The Balaban J connectivity index is 1.72. The van der Waals surface area contributed by atoms with Gasteiger partial charge in [-0.15, -0.1) is 0 Å². The van der Waals surface area contributed by atoms with E-state index in [0.29, 0.717) is 12.2 Å². The van der Waals surface area contributed by atoms with Crippen LogP contribution in [0.4, 0.5) is 0 Å².